The van der Waals surface area contributed by atoms with E-state index in [1.165, 1.54) is 24.2 Å². The molecule has 0 N–H and O–H groups in total. The van der Waals surface area contributed by atoms with E-state index < -0.39 is 17.8 Å². The first-order chi connectivity index (χ1) is 14.9. The monoisotopic (exact) mass is 430 g/mol. The van der Waals surface area contributed by atoms with Gasteiger partial charge in [0.05, 0.1) is 25.6 Å². The van der Waals surface area contributed by atoms with Gasteiger partial charge in [0.1, 0.15) is 11.4 Å². The lowest BCUT2D eigenvalue weighted by Gasteiger charge is -2.28. The third-order valence-electron chi connectivity index (χ3n) is 5.33. The zero-order valence-electron chi connectivity index (χ0n) is 16.9. The normalized spacial score (nSPS) is 14.6. The van der Waals surface area contributed by atoms with Gasteiger partial charge in [0.15, 0.2) is 0 Å². The maximum absolute atomic E-state index is 14.2. The summed E-state index contributed by atoms with van der Waals surface area (Å²) < 4.78 is 49.1. The molecule has 0 spiro atoms. The smallest absolute Gasteiger partial charge is 0.378 e. The topological polar surface area (TPSA) is 60.3 Å². The number of carbonyl (C=O) groups excluding carboxylic acids is 1. The van der Waals surface area contributed by atoms with Crippen molar-refractivity contribution in [3.05, 3.63) is 71.3 Å². The number of nitrogens with zero attached hydrogens (tertiary/aromatic N) is 4. The zero-order valence-corrected chi connectivity index (χ0v) is 16.9. The summed E-state index contributed by atoms with van der Waals surface area (Å²) in [7, 11) is 0. The number of hydrogen-bond acceptors (Lipinski definition) is 4. The fraction of sp³-hybridized carbons (Fsp3) is 0.318. The summed E-state index contributed by atoms with van der Waals surface area (Å²) in [5, 5.41) is 7.53. The van der Waals surface area contributed by atoms with Gasteiger partial charge in [-0.15, -0.1) is 0 Å². The second-order valence-electron chi connectivity index (χ2n) is 7.30. The molecule has 6 nitrogen and oxygen atoms in total. The van der Waals surface area contributed by atoms with Gasteiger partial charge in [0.2, 0.25) is 0 Å². The van der Waals surface area contributed by atoms with Crippen molar-refractivity contribution in [2.45, 2.75) is 19.6 Å². The number of benzene rings is 1. The van der Waals surface area contributed by atoms with Gasteiger partial charge < -0.3 is 14.2 Å². The van der Waals surface area contributed by atoms with E-state index in [1.807, 2.05) is 0 Å². The minimum atomic E-state index is -4.64. The van der Waals surface area contributed by atoms with Crippen LogP contribution in [0.1, 0.15) is 27.3 Å². The molecule has 3 aromatic rings. The predicted octanol–water partition coefficient (Wildman–Crippen LogP) is 3.79. The molecule has 4 rings (SSSR count). The second kappa shape index (κ2) is 8.50. The number of amides is 1. The van der Waals surface area contributed by atoms with E-state index >= 15 is 0 Å². The maximum Gasteiger partial charge on any atom is 0.431 e. The Kier molecular flexibility index (Phi) is 5.77. The van der Waals surface area contributed by atoms with Gasteiger partial charge >= 0.3 is 6.18 Å². The Morgan fingerprint density at radius 1 is 1.10 bits per heavy atom. The SMILES string of the molecule is Cc1c(-c2ccnnc2)c(C(=O)N2CCOCC2)n(Cc2ccccc2)c1C(F)(F)F. The Morgan fingerprint density at radius 2 is 1.81 bits per heavy atom. The summed E-state index contributed by atoms with van der Waals surface area (Å²) in [4.78, 5) is 15.1. The highest BCUT2D eigenvalue weighted by Crippen LogP contribution is 2.41. The van der Waals surface area contributed by atoms with Crippen LogP contribution < -0.4 is 0 Å². The lowest BCUT2D eigenvalue weighted by molar-refractivity contribution is -0.143. The summed E-state index contributed by atoms with van der Waals surface area (Å²) in [5.74, 6) is -0.454. The molecule has 9 heteroatoms. The lowest BCUT2D eigenvalue weighted by Crippen LogP contribution is -2.41. The number of hydrogen-bond donors (Lipinski definition) is 0. The quantitative estimate of drug-likeness (QED) is 0.632. The Morgan fingerprint density at radius 3 is 2.42 bits per heavy atom. The van der Waals surface area contributed by atoms with Gasteiger partial charge in [-0.1, -0.05) is 30.3 Å². The molecule has 3 heterocycles. The van der Waals surface area contributed by atoms with Crippen LogP contribution in [0.2, 0.25) is 0 Å². The average molecular weight is 430 g/mol. The van der Waals surface area contributed by atoms with Gasteiger partial charge in [-0.25, -0.2) is 0 Å². The molecular formula is C22H21F3N4O2. The summed E-state index contributed by atoms with van der Waals surface area (Å²) in [6.07, 6.45) is -1.86. The van der Waals surface area contributed by atoms with Crippen molar-refractivity contribution in [2.75, 3.05) is 26.3 Å². The van der Waals surface area contributed by atoms with E-state index in [0.717, 1.165) is 4.57 Å². The van der Waals surface area contributed by atoms with E-state index in [1.54, 1.807) is 36.4 Å². The van der Waals surface area contributed by atoms with Crippen LogP contribution in [0, 0.1) is 6.92 Å². The van der Waals surface area contributed by atoms with Gasteiger partial charge in [0.25, 0.3) is 5.91 Å². The van der Waals surface area contributed by atoms with Crippen molar-refractivity contribution < 1.29 is 22.7 Å². The van der Waals surface area contributed by atoms with E-state index in [2.05, 4.69) is 10.2 Å². The molecule has 1 saturated heterocycles. The van der Waals surface area contributed by atoms with E-state index in [9.17, 15) is 18.0 Å². The van der Waals surface area contributed by atoms with Crippen LogP contribution in [-0.2, 0) is 17.5 Å². The third kappa shape index (κ3) is 4.18. The van der Waals surface area contributed by atoms with Crippen LogP contribution in [0.3, 0.4) is 0 Å². The fourth-order valence-corrected chi connectivity index (χ4v) is 3.97. The van der Waals surface area contributed by atoms with Crippen molar-refractivity contribution in [2.24, 2.45) is 0 Å². The highest BCUT2D eigenvalue weighted by Gasteiger charge is 2.42. The largest absolute Gasteiger partial charge is 0.431 e. The Labute approximate surface area is 177 Å². The number of carbonyl (C=O) groups is 1. The van der Waals surface area contributed by atoms with Crippen LogP contribution in [-0.4, -0.2) is 51.9 Å². The molecule has 162 valence electrons. The molecule has 0 aliphatic carbocycles. The summed E-state index contributed by atoms with van der Waals surface area (Å²) >= 11 is 0. The van der Waals surface area contributed by atoms with Crippen LogP contribution in [0.4, 0.5) is 13.2 Å². The molecule has 1 amide bonds. The van der Waals surface area contributed by atoms with E-state index in [-0.39, 0.29) is 23.4 Å². The molecule has 0 saturated carbocycles. The number of alkyl halides is 3. The van der Waals surface area contributed by atoms with Crippen molar-refractivity contribution in [3.8, 4) is 11.1 Å². The van der Waals surface area contributed by atoms with Crippen LogP contribution in [0.15, 0.2) is 48.8 Å². The first kappa shape index (κ1) is 21.0. The number of halogens is 3. The predicted molar refractivity (Wildman–Crippen MR) is 107 cm³/mol. The Hall–Kier alpha value is -3.20. The van der Waals surface area contributed by atoms with Crippen molar-refractivity contribution in [1.82, 2.24) is 19.7 Å². The number of rotatable bonds is 4. The molecule has 31 heavy (non-hydrogen) atoms. The van der Waals surface area contributed by atoms with E-state index in [4.69, 9.17) is 4.74 Å². The van der Waals surface area contributed by atoms with Gasteiger partial charge in [-0.3, -0.25) is 4.79 Å². The summed E-state index contributed by atoms with van der Waals surface area (Å²) in [6.45, 7) is 2.66. The van der Waals surface area contributed by atoms with Crippen molar-refractivity contribution in [3.63, 3.8) is 0 Å². The highest BCUT2D eigenvalue weighted by atomic mass is 19.4. The van der Waals surface area contributed by atoms with Crippen LogP contribution in [0.5, 0.6) is 0 Å². The first-order valence-corrected chi connectivity index (χ1v) is 9.86. The van der Waals surface area contributed by atoms with Crippen molar-refractivity contribution in [1.29, 1.82) is 0 Å². The molecule has 1 aliphatic heterocycles. The van der Waals surface area contributed by atoms with Gasteiger partial charge in [-0.2, -0.15) is 23.4 Å². The molecule has 1 aliphatic rings. The minimum Gasteiger partial charge on any atom is -0.378 e. The van der Waals surface area contributed by atoms with Crippen LogP contribution in [0.25, 0.3) is 11.1 Å². The molecule has 1 aromatic carbocycles. The first-order valence-electron chi connectivity index (χ1n) is 9.86. The number of morpholine rings is 1. The number of aromatic nitrogens is 3. The molecule has 2 aromatic heterocycles. The van der Waals surface area contributed by atoms with Gasteiger partial charge in [0, 0.05) is 30.8 Å². The molecule has 0 bridgehead atoms. The summed E-state index contributed by atoms with van der Waals surface area (Å²) in [6, 6.07) is 10.4. The van der Waals surface area contributed by atoms with Crippen LogP contribution >= 0.6 is 0 Å². The molecule has 1 fully saturated rings. The number of ether oxygens (including phenoxy) is 1. The zero-order chi connectivity index (χ0) is 22.0. The summed E-state index contributed by atoms with van der Waals surface area (Å²) in [5.41, 5.74) is 0.478. The molecule has 0 unspecified atom stereocenters. The molecule has 0 atom stereocenters. The van der Waals surface area contributed by atoms with Gasteiger partial charge in [-0.05, 0) is 24.1 Å². The maximum atomic E-state index is 14.2. The minimum absolute atomic E-state index is 0.00331. The highest BCUT2D eigenvalue weighted by molar-refractivity contribution is 6.01. The third-order valence-corrected chi connectivity index (χ3v) is 5.33. The average Bonchev–Trinajstić information content (AvgIpc) is 3.07. The Bertz CT molecular complexity index is 1060. The molecule has 0 radical (unpaired) electrons. The standard InChI is InChI=1S/C22H21F3N4O2/c1-15-18(17-7-8-26-27-13-17)19(21(30)28-9-11-31-12-10-28)29(20(15)22(23,24)25)14-16-5-3-2-4-6-16/h2-8,13H,9-12,14H2,1H3. The fourth-order valence-electron chi connectivity index (χ4n) is 3.97. The van der Waals surface area contributed by atoms with E-state index in [0.29, 0.717) is 37.4 Å². The lowest BCUT2D eigenvalue weighted by atomic mass is 10.0. The van der Waals surface area contributed by atoms with Crippen molar-refractivity contribution >= 4 is 5.91 Å². The Balaban J connectivity index is 1.97. The second-order valence-corrected chi connectivity index (χ2v) is 7.30. The molecular weight excluding hydrogens is 409 g/mol.